The minimum absolute atomic E-state index is 0.278. The standard InChI is InChI=1S/C32H37FN6O/c1-22-7-9-25(10-8-22)21-28-34-31(30-23(2)36-39(32(30)35-28)27-14-12-26(33)13-15-27)38-19-17-37(18-20-38)29(40)16-11-24-5-3-4-6-24/h7-10,12-15,24H,3-6,11,16-21H2,1-2H3. The van der Waals surface area contributed by atoms with Crippen LogP contribution in [0.1, 0.15) is 61.2 Å². The minimum atomic E-state index is -0.289. The molecule has 1 aliphatic heterocycles. The molecule has 0 N–H and O–H groups in total. The molecule has 7 nitrogen and oxygen atoms in total. The van der Waals surface area contributed by atoms with Crippen LogP contribution in [0.5, 0.6) is 0 Å². The molecule has 208 valence electrons. The lowest BCUT2D eigenvalue weighted by Crippen LogP contribution is -2.49. The first-order valence-corrected chi connectivity index (χ1v) is 14.5. The first kappa shape index (κ1) is 26.4. The molecule has 1 aliphatic carbocycles. The monoisotopic (exact) mass is 540 g/mol. The van der Waals surface area contributed by atoms with Crippen molar-refractivity contribution >= 4 is 22.8 Å². The van der Waals surface area contributed by atoms with E-state index in [0.29, 0.717) is 50.5 Å². The SMILES string of the molecule is Cc1ccc(Cc2nc(N3CCN(C(=O)CCC4CCCC4)CC3)c3c(C)nn(-c4ccc(F)cc4)c3n2)cc1. The van der Waals surface area contributed by atoms with Gasteiger partial charge in [-0.2, -0.15) is 5.10 Å². The highest BCUT2D eigenvalue weighted by atomic mass is 19.1. The number of rotatable bonds is 7. The van der Waals surface area contributed by atoms with Gasteiger partial charge in [0.15, 0.2) is 5.65 Å². The summed E-state index contributed by atoms with van der Waals surface area (Å²) in [5.41, 5.74) is 4.64. The van der Waals surface area contributed by atoms with Crippen molar-refractivity contribution in [3.8, 4) is 5.69 Å². The number of benzene rings is 2. The van der Waals surface area contributed by atoms with Crippen LogP contribution in [0.4, 0.5) is 10.2 Å². The quantitative estimate of drug-likeness (QED) is 0.297. The third kappa shape index (κ3) is 5.58. The lowest BCUT2D eigenvalue weighted by atomic mass is 10.0. The Morgan fingerprint density at radius 3 is 2.33 bits per heavy atom. The summed E-state index contributed by atoms with van der Waals surface area (Å²) in [6.07, 6.45) is 7.46. The molecule has 1 saturated heterocycles. The number of hydrogen-bond acceptors (Lipinski definition) is 5. The van der Waals surface area contributed by atoms with E-state index < -0.39 is 0 Å². The Balaban J connectivity index is 1.29. The Morgan fingerprint density at radius 1 is 0.925 bits per heavy atom. The Morgan fingerprint density at radius 2 is 1.62 bits per heavy atom. The van der Waals surface area contributed by atoms with Crippen molar-refractivity contribution in [3.63, 3.8) is 0 Å². The van der Waals surface area contributed by atoms with Crippen LogP contribution in [0.15, 0.2) is 48.5 Å². The van der Waals surface area contributed by atoms with Gasteiger partial charge < -0.3 is 9.80 Å². The van der Waals surface area contributed by atoms with Gasteiger partial charge >= 0.3 is 0 Å². The van der Waals surface area contributed by atoms with Gasteiger partial charge in [0.2, 0.25) is 5.91 Å². The highest BCUT2D eigenvalue weighted by molar-refractivity contribution is 5.91. The summed E-state index contributed by atoms with van der Waals surface area (Å²) in [7, 11) is 0. The molecule has 2 aromatic carbocycles. The third-order valence-corrected chi connectivity index (χ3v) is 8.46. The van der Waals surface area contributed by atoms with E-state index in [-0.39, 0.29) is 11.7 Å². The number of piperazine rings is 1. The topological polar surface area (TPSA) is 67.2 Å². The normalized spacial score (nSPS) is 16.3. The summed E-state index contributed by atoms with van der Waals surface area (Å²) in [4.78, 5) is 27.3. The zero-order chi connectivity index (χ0) is 27.6. The fraction of sp³-hybridized carbons (Fsp3) is 0.438. The maximum Gasteiger partial charge on any atom is 0.222 e. The molecule has 1 amide bonds. The highest BCUT2D eigenvalue weighted by Crippen LogP contribution is 2.31. The number of carbonyl (C=O) groups is 1. The summed E-state index contributed by atoms with van der Waals surface area (Å²) < 4.78 is 15.5. The first-order valence-electron chi connectivity index (χ1n) is 14.5. The molecular formula is C32H37FN6O. The van der Waals surface area contributed by atoms with Crippen molar-refractivity contribution < 1.29 is 9.18 Å². The number of aromatic nitrogens is 4. The molecule has 0 bridgehead atoms. The molecule has 2 aromatic heterocycles. The molecular weight excluding hydrogens is 503 g/mol. The summed E-state index contributed by atoms with van der Waals surface area (Å²) in [5, 5.41) is 5.71. The first-order chi connectivity index (χ1) is 19.4. The number of fused-ring (bicyclic) bond motifs is 1. The van der Waals surface area contributed by atoms with E-state index in [2.05, 4.69) is 36.1 Å². The van der Waals surface area contributed by atoms with Crippen molar-refractivity contribution in [3.05, 3.63) is 77.0 Å². The lowest BCUT2D eigenvalue weighted by Gasteiger charge is -2.36. The summed E-state index contributed by atoms with van der Waals surface area (Å²) in [5.74, 6) is 2.29. The largest absolute Gasteiger partial charge is 0.352 e. The van der Waals surface area contributed by atoms with Gasteiger partial charge in [-0.25, -0.2) is 19.0 Å². The van der Waals surface area contributed by atoms with Gasteiger partial charge in [-0.3, -0.25) is 4.79 Å². The maximum atomic E-state index is 13.7. The Hall–Kier alpha value is -3.81. The van der Waals surface area contributed by atoms with Gasteiger partial charge in [0.25, 0.3) is 0 Å². The Kier molecular flexibility index (Phi) is 7.50. The van der Waals surface area contributed by atoms with E-state index in [1.54, 1.807) is 16.8 Å². The molecule has 3 heterocycles. The maximum absolute atomic E-state index is 13.7. The van der Waals surface area contributed by atoms with Crippen molar-refractivity contribution in [2.45, 2.75) is 58.8 Å². The average molecular weight is 541 g/mol. The Labute approximate surface area is 235 Å². The van der Waals surface area contributed by atoms with Gasteiger partial charge in [-0.1, -0.05) is 55.5 Å². The molecule has 6 rings (SSSR count). The summed E-state index contributed by atoms with van der Waals surface area (Å²) >= 11 is 0. The smallest absolute Gasteiger partial charge is 0.222 e. The van der Waals surface area contributed by atoms with Crippen LogP contribution in [0.25, 0.3) is 16.7 Å². The van der Waals surface area contributed by atoms with Gasteiger partial charge in [0, 0.05) is 39.0 Å². The third-order valence-electron chi connectivity index (χ3n) is 8.46. The molecule has 2 fully saturated rings. The van der Waals surface area contributed by atoms with Crippen molar-refractivity contribution in [1.82, 2.24) is 24.6 Å². The second-order valence-corrected chi connectivity index (χ2v) is 11.4. The van der Waals surface area contributed by atoms with Crippen molar-refractivity contribution in [1.29, 1.82) is 0 Å². The zero-order valence-corrected chi connectivity index (χ0v) is 23.4. The van der Waals surface area contributed by atoms with Crippen molar-refractivity contribution in [2.75, 3.05) is 31.1 Å². The predicted molar refractivity (Wildman–Crippen MR) is 155 cm³/mol. The van der Waals surface area contributed by atoms with E-state index in [0.717, 1.165) is 40.5 Å². The average Bonchev–Trinajstić information content (AvgIpc) is 3.61. The fourth-order valence-electron chi connectivity index (χ4n) is 6.12. The van der Waals surface area contributed by atoms with Crippen LogP contribution in [0.2, 0.25) is 0 Å². The molecule has 1 saturated carbocycles. The van der Waals surface area contributed by atoms with Crippen LogP contribution in [0, 0.1) is 25.6 Å². The molecule has 0 unspecified atom stereocenters. The van der Waals surface area contributed by atoms with E-state index >= 15 is 0 Å². The minimum Gasteiger partial charge on any atom is -0.352 e. The highest BCUT2D eigenvalue weighted by Gasteiger charge is 2.27. The van der Waals surface area contributed by atoms with Gasteiger partial charge in [0.1, 0.15) is 17.5 Å². The molecule has 2 aliphatic rings. The van der Waals surface area contributed by atoms with Gasteiger partial charge in [-0.05, 0) is 56.0 Å². The molecule has 40 heavy (non-hydrogen) atoms. The van der Waals surface area contributed by atoms with E-state index in [1.807, 2.05) is 11.8 Å². The number of anilines is 1. The molecule has 0 atom stereocenters. The number of aryl methyl sites for hydroxylation is 2. The number of carbonyl (C=O) groups excluding carboxylic acids is 1. The molecule has 8 heteroatoms. The van der Waals surface area contributed by atoms with Gasteiger partial charge in [0.05, 0.1) is 16.8 Å². The molecule has 0 radical (unpaired) electrons. The number of halogens is 1. The summed E-state index contributed by atoms with van der Waals surface area (Å²) in [6, 6.07) is 14.8. The van der Waals surface area contributed by atoms with Gasteiger partial charge in [-0.15, -0.1) is 0 Å². The predicted octanol–water partition coefficient (Wildman–Crippen LogP) is 5.78. The number of hydrogen-bond donors (Lipinski definition) is 0. The number of amides is 1. The van der Waals surface area contributed by atoms with Crippen LogP contribution >= 0.6 is 0 Å². The zero-order valence-electron chi connectivity index (χ0n) is 23.4. The number of nitrogens with zero attached hydrogens (tertiary/aromatic N) is 6. The van der Waals surface area contributed by atoms with Crippen LogP contribution in [-0.2, 0) is 11.2 Å². The van der Waals surface area contributed by atoms with E-state index in [9.17, 15) is 9.18 Å². The lowest BCUT2D eigenvalue weighted by molar-refractivity contribution is -0.131. The van der Waals surface area contributed by atoms with Crippen molar-refractivity contribution in [2.24, 2.45) is 5.92 Å². The molecule has 4 aromatic rings. The Bertz CT molecular complexity index is 1480. The van der Waals surface area contributed by atoms with E-state index in [1.165, 1.54) is 43.4 Å². The van der Waals surface area contributed by atoms with Crippen LogP contribution in [-0.4, -0.2) is 56.7 Å². The van der Waals surface area contributed by atoms with Crippen LogP contribution in [0.3, 0.4) is 0 Å². The van der Waals surface area contributed by atoms with Crippen LogP contribution < -0.4 is 4.90 Å². The fourth-order valence-corrected chi connectivity index (χ4v) is 6.12. The second-order valence-electron chi connectivity index (χ2n) is 11.4. The van der Waals surface area contributed by atoms with E-state index in [4.69, 9.17) is 15.1 Å². The molecule has 0 spiro atoms. The summed E-state index contributed by atoms with van der Waals surface area (Å²) in [6.45, 7) is 6.85. The second kappa shape index (κ2) is 11.4.